The van der Waals surface area contributed by atoms with E-state index in [9.17, 15) is 0 Å². The lowest BCUT2D eigenvalue weighted by Crippen LogP contribution is -2.16. The Bertz CT molecular complexity index is 2820. The lowest BCUT2D eigenvalue weighted by atomic mass is 9.78. The summed E-state index contributed by atoms with van der Waals surface area (Å²) in [5.41, 5.74) is 14.2. The van der Waals surface area contributed by atoms with Crippen molar-refractivity contribution in [1.29, 1.82) is 0 Å². The van der Waals surface area contributed by atoms with Crippen LogP contribution in [0.1, 0.15) is 25.0 Å². The Morgan fingerprint density at radius 1 is 0.412 bits per heavy atom. The van der Waals surface area contributed by atoms with Crippen LogP contribution in [0.4, 0.5) is 0 Å². The molecule has 7 aromatic carbocycles. The van der Waals surface area contributed by atoms with Crippen LogP contribution >= 0.6 is 0 Å². The molecule has 0 amide bonds. The molecule has 51 heavy (non-hydrogen) atoms. The Labute approximate surface area is 297 Å². The van der Waals surface area contributed by atoms with Gasteiger partial charge < -0.3 is 0 Å². The first-order valence-electron chi connectivity index (χ1n) is 17.5. The summed E-state index contributed by atoms with van der Waals surface area (Å²) in [6, 6.07) is 54.7. The van der Waals surface area contributed by atoms with E-state index in [0.717, 1.165) is 28.0 Å². The molecule has 1 aliphatic carbocycles. The molecule has 2 aromatic heterocycles. The highest BCUT2D eigenvalue weighted by atomic mass is 14.9. The number of benzene rings is 7. The van der Waals surface area contributed by atoms with E-state index in [1.165, 1.54) is 71.6 Å². The van der Waals surface area contributed by atoms with E-state index in [0.29, 0.717) is 0 Å². The molecule has 0 aliphatic heterocycles. The fourth-order valence-corrected chi connectivity index (χ4v) is 8.45. The SMILES string of the molecule is CC1(C)c2ccccc2-c2nc3ccccc3c(-c3ccc(-c4ccc(-c5ccc(-c6ncccn6)c6ccccc56)c5ccccc45)cc3)c21. The largest absolute Gasteiger partial charge is 0.247 e. The Morgan fingerprint density at radius 2 is 0.922 bits per heavy atom. The minimum absolute atomic E-state index is 0.167. The minimum atomic E-state index is -0.167. The highest BCUT2D eigenvalue weighted by Crippen LogP contribution is 2.53. The van der Waals surface area contributed by atoms with Crippen LogP contribution in [-0.2, 0) is 5.41 Å². The third kappa shape index (κ3) is 4.48. The molecule has 0 radical (unpaired) electrons. The quantitative estimate of drug-likeness (QED) is 0.190. The summed E-state index contributed by atoms with van der Waals surface area (Å²) in [6.07, 6.45) is 3.60. The van der Waals surface area contributed by atoms with Gasteiger partial charge in [-0.2, -0.15) is 0 Å². The van der Waals surface area contributed by atoms with E-state index in [2.05, 4.69) is 169 Å². The number of nitrogens with zero attached hydrogens (tertiary/aromatic N) is 3. The van der Waals surface area contributed by atoms with Crippen molar-refractivity contribution in [2.75, 3.05) is 0 Å². The van der Waals surface area contributed by atoms with Crippen molar-refractivity contribution in [3.8, 4) is 56.0 Å². The number of hydrogen-bond donors (Lipinski definition) is 0. The molecule has 9 aromatic rings. The van der Waals surface area contributed by atoms with E-state index in [-0.39, 0.29) is 5.41 Å². The Morgan fingerprint density at radius 3 is 1.61 bits per heavy atom. The smallest absolute Gasteiger partial charge is 0.159 e. The molecule has 1 aliphatic rings. The van der Waals surface area contributed by atoms with Gasteiger partial charge in [0, 0.05) is 34.3 Å². The number of fused-ring (bicyclic) bond motifs is 6. The normalized spacial score (nSPS) is 13.1. The van der Waals surface area contributed by atoms with Crippen molar-refractivity contribution in [3.63, 3.8) is 0 Å². The summed E-state index contributed by atoms with van der Waals surface area (Å²) in [6.45, 7) is 4.68. The average molecular weight is 652 g/mol. The molecule has 240 valence electrons. The van der Waals surface area contributed by atoms with Gasteiger partial charge in [0.1, 0.15) is 0 Å². The number of pyridine rings is 1. The standard InChI is InChI=1S/C48H33N3/c1-48(2)42-18-9-7-16-40(42)46-45(48)44(41-17-8-10-19-43(41)51-46)31-22-20-30(21-23-31)32-24-25-37(34-13-4-3-12-33(32)34)38-26-27-39(47-49-28-11-29-50-47)36-15-6-5-14-35(36)38/h3-29H,1-2H3. The van der Waals surface area contributed by atoms with Crippen molar-refractivity contribution in [2.24, 2.45) is 0 Å². The van der Waals surface area contributed by atoms with Gasteiger partial charge in [-0.15, -0.1) is 0 Å². The van der Waals surface area contributed by atoms with E-state index in [1.54, 1.807) is 12.4 Å². The molecule has 10 rings (SSSR count). The highest BCUT2D eigenvalue weighted by Gasteiger charge is 2.39. The van der Waals surface area contributed by atoms with Crippen molar-refractivity contribution >= 4 is 32.4 Å². The van der Waals surface area contributed by atoms with E-state index < -0.39 is 0 Å². The van der Waals surface area contributed by atoms with Gasteiger partial charge >= 0.3 is 0 Å². The summed E-state index contributed by atoms with van der Waals surface area (Å²) in [5, 5.41) is 5.98. The predicted octanol–water partition coefficient (Wildman–Crippen LogP) is 12.3. The van der Waals surface area contributed by atoms with Gasteiger partial charge in [-0.3, -0.25) is 0 Å². The lowest BCUT2D eigenvalue weighted by Gasteiger charge is -2.25. The second-order valence-corrected chi connectivity index (χ2v) is 14.0. The molecule has 0 unspecified atom stereocenters. The van der Waals surface area contributed by atoms with Crippen molar-refractivity contribution in [3.05, 3.63) is 175 Å². The third-order valence-corrected chi connectivity index (χ3v) is 10.8. The second kappa shape index (κ2) is 11.3. The van der Waals surface area contributed by atoms with Gasteiger partial charge in [0.05, 0.1) is 11.2 Å². The van der Waals surface area contributed by atoms with Crippen LogP contribution < -0.4 is 0 Å². The molecule has 0 saturated heterocycles. The maximum atomic E-state index is 5.24. The first-order chi connectivity index (χ1) is 25.1. The number of rotatable bonds is 4. The first kappa shape index (κ1) is 29.5. The monoisotopic (exact) mass is 651 g/mol. The predicted molar refractivity (Wildman–Crippen MR) is 212 cm³/mol. The van der Waals surface area contributed by atoms with Crippen LogP contribution in [0.2, 0.25) is 0 Å². The molecule has 0 bridgehead atoms. The topological polar surface area (TPSA) is 38.7 Å². The molecule has 0 atom stereocenters. The molecular weight excluding hydrogens is 619 g/mol. The van der Waals surface area contributed by atoms with Crippen molar-refractivity contribution < 1.29 is 0 Å². The first-order valence-corrected chi connectivity index (χ1v) is 17.5. The Balaban J connectivity index is 1.11. The summed E-state index contributed by atoms with van der Waals surface area (Å²) in [5.74, 6) is 0.738. The lowest BCUT2D eigenvalue weighted by molar-refractivity contribution is 0.662. The molecule has 3 heteroatoms. The van der Waals surface area contributed by atoms with Gasteiger partial charge in [0.2, 0.25) is 0 Å². The van der Waals surface area contributed by atoms with E-state index >= 15 is 0 Å². The van der Waals surface area contributed by atoms with Crippen molar-refractivity contribution in [1.82, 2.24) is 15.0 Å². The van der Waals surface area contributed by atoms with Crippen LogP contribution in [-0.4, -0.2) is 15.0 Å². The summed E-state index contributed by atoms with van der Waals surface area (Å²) < 4.78 is 0. The maximum Gasteiger partial charge on any atom is 0.159 e. The molecule has 3 nitrogen and oxygen atoms in total. The van der Waals surface area contributed by atoms with Crippen LogP contribution in [0.25, 0.3) is 88.5 Å². The number of hydrogen-bond acceptors (Lipinski definition) is 3. The maximum absolute atomic E-state index is 5.24. The van der Waals surface area contributed by atoms with E-state index in [1.807, 2.05) is 6.07 Å². The molecule has 2 heterocycles. The molecule has 0 saturated carbocycles. The van der Waals surface area contributed by atoms with Crippen molar-refractivity contribution in [2.45, 2.75) is 19.3 Å². The fraction of sp³-hybridized carbons (Fsp3) is 0.0625. The summed E-state index contributed by atoms with van der Waals surface area (Å²) >= 11 is 0. The highest BCUT2D eigenvalue weighted by molar-refractivity contribution is 6.12. The molecule has 0 N–H and O–H groups in total. The minimum Gasteiger partial charge on any atom is -0.247 e. The summed E-state index contributed by atoms with van der Waals surface area (Å²) in [7, 11) is 0. The zero-order chi connectivity index (χ0) is 34.1. The van der Waals surface area contributed by atoms with Gasteiger partial charge in [0.15, 0.2) is 5.82 Å². The Hall–Kier alpha value is -6.45. The molecule has 0 fully saturated rings. The zero-order valence-electron chi connectivity index (χ0n) is 28.4. The third-order valence-electron chi connectivity index (χ3n) is 10.8. The van der Waals surface area contributed by atoms with Crippen LogP contribution in [0.5, 0.6) is 0 Å². The zero-order valence-corrected chi connectivity index (χ0v) is 28.4. The van der Waals surface area contributed by atoms with Gasteiger partial charge in [-0.1, -0.05) is 147 Å². The van der Waals surface area contributed by atoms with Crippen LogP contribution in [0, 0.1) is 0 Å². The summed E-state index contributed by atoms with van der Waals surface area (Å²) in [4.78, 5) is 14.4. The number of para-hydroxylation sites is 1. The number of aromatic nitrogens is 3. The fourth-order valence-electron chi connectivity index (χ4n) is 8.45. The molecular formula is C48H33N3. The van der Waals surface area contributed by atoms with Gasteiger partial charge in [-0.05, 0) is 84.3 Å². The van der Waals surface area contributed by atoms with Crippen LogP contribution in [0.3, 0.4) is 0 Å². The van der Waals surface area contributed by atoms with Crippen LogP contribution in [0.15, 0.2) is 164 Å². The second-order valence-electron chi connectivity index (χ2n) is 14.0. The molecule has 0 spiro atoms. The van der Waals surface area contributed by atoms with Gasteiger partial charge in [-0.25, -0.2) is 15.0 Å². The average Bonchev–Trinajstić information content (AvgIpc) is 3.42. The van der Waals surface area contributed by atoms with E-state index in [4.69, 9.17) is 4.98 Å². The Kier molecular flexibility index (Phi) is 6.53. The van der Waals surface area contributed by atoms with Gasteiger partial charge in [0.25, 0.3) is 0 Å².